The summed E-state index contributed by atoms with van der Waals surface area (Å²) in [4.78, 5) is 17.7. The fourth-order valence-electron chi connectivity index (χ4n) is 1.84. The zero-order valence-corrected chi connectivity index (χ0v) is 12.6. The van der Waals surface area contributed by atoms with Gasteiger partial charge < -0.3 is 11.1 Å². The van der Waals surface area contributed by atoms with E-state index in [0.717, 1.165) is 15.0 Å². The summed E-state index contributed by atoms with van der Waals surface area (Å²) in [5.41, 5.74) is 8.27. The van der Waals surface area contributed by atoms with Gasteiger partial charge >= 0.3 is 0 Å². The van der Waals surface area contributed by atoms with E-state index >= 15 is 0 Å². The molecule has 0 aliphatic heterocycles. The highest BCUT2D eigenvalue weighted by atomic mass is 35.5. The number of hydrogen-bond donors (Lipinski definition) is 2. The van der Waals surface area contributed by atoms with E-state index in [1.54, 1.807) is 17.8 Å². The highest BCUT2D eigenvalue weighted by Gasteiger charge is 2.16. The van der Waals surface area contributed by atoms with Crippen molar-refractivity contribution in [1.29, 1.82) is 0 Å². The minimum atomic E-state index is -0.173. The van der Waals surface area contributed by atoms with E-state index in [4.69, 9.17) is 17.3 Å². The molecule has 4 nitrogen and oxygen atoms in total. The summed E-state index contributed by atoms with van der Waals surface area (Å²) in [5, 5.41) is 4.34. The number of anilines is 1. The number of nitrogens with one attached hydrogen (secondary N) is 1. The van der Waals surface area contributed by atoms with Gasteiger partial charge in [0.25, 0.3) is 5.91 Å². The third-order valence-corrected chi connectivity index (χ3v) is 4.99. The summed E-state index contributed by atoms with van der Waals surface area (Å²) in [6.45, 7) is 0.456. The first kappa shape index (κ1) is 13.4. The molecule has 102 valence electrons. The van der Waals surface area contributed by atoms with Gasteiger partial charge in [-0.3, -0.25) is 9.78 Å². The molecule has 0 saturated heterocycles. The average Bonchev–Trinajstić information content (AvgIpc) is 3.04. The predicted molar refractivity (Wildman–Crippen MR) is 84.5 cm³/mol. The summed E-state index contributed by atoms with van der Waals surface area (Å²) >= 11 is 8.80. The first-order valence-electron chi connectivity index (χ1n) is 5.78. The van der Waals surface area contributed by atoms with Crippen LogP contribution in [0, 0.1) is 0 Å². The van der Waals surface area contributed by atoms with Gasteiger partial charge in [0, 0.05) is 26.2 Å². The Bertz CT molecular complexity index is 767. The molecule has 3 aromatic rings. The summed E-state index contributed by atoms with van der Waals surface area (Å²) in [6.07, 6.45) is 1.74. The standard InChI is InChI=1S/C13H10ClN3OS2/c14-7-1-2-9-10(3-7)20-12(11(9)15)13(18)17-5-8-4-16-6-19-8/h1-4,6H,5,15H2,(H,17,18). The molecule has 3 N–H and O–H groups in total. The molecule has 2 aromatic heterocycles. The maximum absolute atomic E-state index is 12.2. The lowest BCUT2D eigenvalue weighted by molar-refractivity contribution is 0.0956. The van der Waals surface area contributed by atoms with E-state index in [2.05, 4.69) is 10.3 Å². The smallest absolute Gasteiger partial charge is 0.263 e. The summed E-state index contributed by atoms with van der Waals surface area (Å²) in [5.74, 6) is -0.173. The van der Waals surface area contributed by atoms with Gasteiger partial charge in [-0.1, -0.05) is 11.6 Å². The summed E-state index contributed by atoms with van der Waals surface area (Å²) < 4.78 is 0.915. The predicted octanol–water partition coefficient (Wildman–Crippen LogP) is 3.52. The quantitative estimate of drug-likeness (QED) is 0.775. The molecule has 0 bridgehead atoms. The van der Waals surface area contributed by atoms with Crippen LogP contribution in [0.15, 0.2) is 29.9 Å². The number of benzene rings is 1. The largest absolute Gasteiger partial charge is 0.397 e. The van der Waals surface area contributed by atoms with E-state index in [9.17, 15) is 4.79 Å². The van der Waals surface area contributed by atoms with Gasteiger partial charge in [0.15, 0.2) is 0 Å². The van der Waals surface area contributed by atoms with Crippen LogP contribution in [0.1, 0.15) is 14.5 Å². The van der Waals surface area contributed by atoms with E-state index in [1.807, 2.05) is 12.1 Å². The lowest BCUT2D eigenvalue weighted by Gasteiger charge is -2.01. The molecule has 0 spiro atoms. The third kappa shape index (κ3) is 2.49. The second kappa shape index (κ2) is 5.40. The van der Waals surface area contributed by atoms with Crippen molar-refractivity contribution in [3.05, 3.63) is 44.7 Å². The number of nitrogens with zero attached hydrogens (tertiary/aromatic N) is 1. The number of fused-ring (bicyclic) bond motifs is 1. The van der Waals surface area contributed by atoms with Crippen LogP contribution in [-0.2, 0) is 6.54 Å². The van der Waals surface area contributed by atoms with Crippen LogP contribution in [-0.4, -0.2) is 10.9 Å². The maximum atomic E-state index is 12.2. The Kier molecular flexibility index (Phi) is 3.60. The molecule has 0 aliphatic rings. The summed E-state index contributed by atoms with van der Waals surface area (Å²) in [6, 6.07) is 5.42. The summed E-state index contributed by atoms with van der Waals surface area (Å²) in [7, 11) is 0. The van der Waals surface area contributed by atoms with Crippen molar-refractivity contribution in [3.8, 4) is 0 Å². The number of carbonyl (C=O) groups excluding carboxylic acids is 1. The number of amides is 1. The van der Waals surface area contributed by atoms with Crippen molar-refractivity contribution >= 4 is 56.0 Å². The number of carbonyl (C=O) groups is 1. The number of halogens is 1. The first-order chi connectivity index (χ1) is 9.65. The van der Waals surface area contributed by atoms with Gasteiger partial charge in [0.1, 0.15) is 4.88 Å². The monoisotopic (exact) mass is 323 g/mol. The Balaban J connectivity index is 1.85. The Labute approximate surface area is 128 Å². The maximum Gasteiger partial charge on any atom is 0.263 e. The van der Waals surface area contributed by atoms with Gasteiger partial charge in [0.05, 0.1) is 17.7 Å². The topological polar surface area (TPSA) is 68.0 Å². The highest BCUT2D eigenvalue weighted by molar-refractivity contribution is 7.21. The molecule has 0 aliphatic carbocycles. The van der Waals surface area contributed by atoms with Gasteiger partial charge in [0.2, 0.25) is 0 Å². The molecular weight excluding hydrogens is 314 g/mol. The third-order valence-electron chi connectivity index (χ3n) is 2.80. The van der Waals surface area contributed by atoms with Crippen molar-refractivity contribution in [1.82, 2.24) is 10.3 Å². The minimum Gasteiger partial charge on any atom is -0.397 e. The van der Waals surface area contributed by atoms with Crippen molar-refractivity contribution in [3.63, 3.8) is 0 Å². The van der Waals surface area contributed by atoms with Gasteiger partial charge in [-0.2, -0.15) is 0 Å². The van der Waals surface area contributed by atoms with Crippen LogP contribution < -0.4 is 11.1 Å². The molecule has 1 amide bonds. The molecule has 3 rings (SSSR count). The Morgan fingerprint density at radius 3 is 3.05 bits per heavy atom. The van der Waals surface area contributed by atoms with E-state index < -0.39 is 0 Å². The molecular formula is C13H10ClN3OS2. The minimum absolute atomic E-state index is 0.173. The van der Waals surface area contributed by atoms with Crippen LogP contribution in [0.3, 0.4) is 0 Å². The van der Waals surface area contributed by atoms with E-state index in [-0.39, 0.29) is 5.91 Å². The van der Waals surface area contributed by atoms with Gasteiger partial charge in [-0.15, -0.1) is 22.7 Å². The van der Waals surface area contributed by atoms with Crippen LogP contribution in [0.5, 0.6) is 0 Å². The second-order valence-electron chi connectivity index (χ2n) is 4.14. The van der Waals surface area contributed by atoms with Crippen molar-refractivity contribution in [2.45, 2.75) is 6.54 Å². The molecule has 0 radical (unpaired) electrons. The van der Waals surface area contributed by atoms with E-state index in [1.165, 1.54) is 22.7 Å². The first-order valence-corrected chi connectivity index (χ1v) is 7.85. The lowest BCUT2D eigenvalue weighted by Crippen LogP contribution is -2.22. The molecule has 0 atom stereocenters. The Hall–Kier alpha value is -1.63. The fourth-order valence-corrected chi connectivity index (χ4v) is 3.69. The number of nitrogen functional groups attached to an aromatic ring is 1. The van der Waals surface area contributed by atoms with E-state index in [0.29, 0.717) is 22.1 Å². The molecule has 1 aromatic carbocycles. The molecule has 0 unspecified atom stereocenters. The SMILES string of the molecule is Nc1c(C(=O)NCc2cncs2)sc2cc(Cl)ccc12. The van der Waals surface area contributed by atoms with Crippen molar-refractivity contribution in [2.24, 2.45) is 0 Å². The zero-order valence-electron chi connectivity index (χ0n) is 10.2. The number of aromatic nitrogens is 1. The van der Waals surface area contributed by atoms with Crippen molar-refractivity contribution in [2.75, 3.05) is 5.73 Å². The number of nitrogens with two attached hydrogens (primary N) is 1. The molecule has 0 saturated carbocycles. The number of rotatable bonds is 3. The molecule has 0 fully saturated rings. The number of thiazole rings is 1. The van der Waals surface area contributed by atoms with Gasteiger partial charge in [-0.05, 0) is 18.2 Å². The molecule has 20 heavy (non-hydrogen) atoms. The number of thiophene rings is 1. The fraction of sp³-hybridized carbons (Fsp3) is 0.0769. The lowest BCUT2D eigenvalue weighted by atomic mass is 10.2. The highest BCUT2D eigenvalue weighted by Crippen LogP contribution is 2.35. The van der Waals surface area contributed by atoms with Crippen LogP contribution in [0.25, 0.3) is 10.1 Å². The zero-order chi connectivity index (χ0) is 14.1. The second-order valence-corrected chi connectivity index (χ2v) is 6.60. The normalized spacial score (nSPS) is 10.8. The Morgan fingerprint density at radius 2 is 2.30 bits per heavy atom. The van der Waals surface area contributed by atoms with Crippen LogP contribution in [0.2, 0.25) is 5.02 Å². The average molecular weight is 324 g/mol. The molecule has 7 heteroatoms. The van der Waals surface area contributed by atoms with Crippen LogP contribution >= 0.6 is 34.3 Å². The Morgan fingerprint density at radius 1 is 1.45 bits per heavy atom. The van der Waals surface area contributed by atoms with Crippen LogP contribution in [0.4, 0.5) is 5.69 Å². The van der Waals surface area contributed by atoms with Crippen molar-refractivity contribution < 1.29 is 4.79 Å². The number of hydrogen-bond acceptors (Lipinski definition) is 5. The molecule has 2 heterocycles. The van der Waals surface area contributed by atoms with Gasteiger partial charge in [-0.25, -0.2) is 0 Å².